The molecule has 2 atom stereocenters. The van der Waals surface area contributed by atoms with Gasteiger partial charge in [-0.15, -0.1) is 0 Å². The van der Waals surface area contributed by atoms with Gasteiger partial charge in [0.15, 0.2) is 0 Å². The van der Waals surface area contributed by atoms with Crippen molar-refractivity contribution >= 4 is 34.9 Å². The highest BCUT2D eigenvalue weighted by Gasteiger charge is 2.26. The maximum absolute atomic E-state index is 12.0. The molecule has 94 valence electrons. The Kier molecular flexibility index (Phi) is 7.76. The Hall–Kier alpha value is -0.290. The number of carbonyl (C=O) groups is 1. The number of thiocarbonyl (C=S) groups is 1. The third-order valence-corrected chi connectivity index (χ3v) is 3.45. The van der Waals surface area contributed by atoms with Crippen molar-refractivity contribution in [1.82, 2.24) is 5.32 Å². The second-order valence-electron chi connectivity index (χ2n) is 4.19. The van der Waals surface area contributed by atoms with Crippen LogP contribution in [0.2, 0.25) is 0 Å². The number of carbonyl (C=O) groups excluding carboxylic acids is 1. The molecule has 0 bridgehead atoms. The summed E-state index contributed by atoms with van der Waals surface area (Å²) < 4.78 is 0. The van der Waals surface area contributed by atoms with Crippen LogP contribution in [0.3, 0.4) is 0 Å². The van der Waals surface area contributed by atoms with Gasteiger partial charge in [0.2, 0.25) is 5.91 Å². The van der Waals surface area contributed by atoms with Crippen molar-refractivity contribution in [1.29, 1.82) is 0 Å². The van der Waals surface area contributed by atoms with Crippen LogP contribution in [0.25, 0.3) is 0 Å². The molecule has 0 fully saturated rings. The Balaban J connectivity index is 4.45. The lowest BCUT2D eigenvalue weighted by Gasteiger charge is -2.23. The molecule has 0 saturated carbocycles. The van der Waals surface area contributed by atoms with Gasteiger partial charge in [-0.2, -0.15) is 11.8 Å². The molecule has 0 heterocycles. The van der Waals surface area contributed by atoms with Crippen molar-refractivity contribution in [3.8, 4) is 0 Å². The summed E-state index contributed by atoms with van der Waals surface area (Å²) in [6.07, 6.45) is 2.96. The fourth-order valence-corrected chi connectivity index (χ4v) is 2.61. The standard InChI is InChI=1S/C11H22N2OS2/c1-5-8(6-16-4)13-11(14)9(7(2)3)10(12)15/h7-9H,5-6H2,1-4H3,(H2,12,15)(H,13,14). The van der Waals surface area contributed by atoms with Crippen LogP contribution in [-0.2, 0) is 4.79 Å². The van der Waals surface area contributed by atoms with Crippen molar-refractivity contribution in [3.05, 3.63) is 0 Å². The van der Waals surface area contributed by atoms with Crippen molar-refractivity contribution in [3.63, 3.8) is 0 Å². The molecule has 0 saturated heterocycles. The van der Waals surface area contributed by atoms with Gasteiger partial charge < -0.3 is 11.1 Å². The smallest absolute Gasteiger partial charge is 0.230 e. The molecule has 0 aromatic rings. The Morgan fingerprint density at radius 1 is 1.50 bits per heavy atom. The summed E-state index contributed by atoms with van der Waals surface area (Å²) in [5.41, 5.74) is 5.60. The molecule has 1 amide bonds. The van der Waals surface area contributed by atoms with E-state index in [-0.39, 0.29) is 28.8 Å². The van der Waals surface area contributed by atoms with Crippen molar-refractivity contribution < 1.29 is 4.79 Å². The number of nitrogens with two attached hydrogens (primary N) is 1. The highest BCUT2D eigenvalue weighted by Crippen LogP contribution is 2.12. The minimum absolute atomic E-state index is 0.0385. The van der Waals surface area contributed by atoms with Gasteiger partial charge in [0.25, 0.3) is 0 Å². The normalized spacial score (nSPS) is 14.6. The topological polar surface area (TPSA) is 55.1 Å². The molecule has 0 aliphatic carbocycles. The molecule has 0 aliphatic heterocycles. The summed E-state index contributed by atoms with van der Waals surface area (Å²) >= 11 is 6.66. The van der Waals surface area contributed by atoms with Crippen LogP contribution in [0.5, 0.6) is 0 Å². The molecule has 0 radical (unpaired) electrons. The van der Waals surface area contributed by atoms with Gasteiger partial charge in [-0.3, -0.25) is 4.79 Å². The summed E-state index contributed by atoms with van der Waals surface area (Å²) in [6.45, 7) is 5.98. The van der Waals surface area contributed by atoms with Gasteiger partial charge in [-0.05, 0) is 18.6 Å². The maximum Gasteiger partial charge on any atom is 0.230 e. The Morgan fingerprint density at radius 3 is 2.38 bits per heavy atom. The molecule has 16 heavy (non-hydrogen) atoms. The molecule has 3 N–H and O–H groups in total. The number of hydrogen-bond acceptors (Lipinski definition) is 3. The predicted molar refractivity (Wildman–Crippen MR) is 75.7 cm³/mol. The van der Waals surface area contributed by atoms with E-state index in [0.29, 0.717) is 0 Å². The second-order valence-corrected chi connectivity index (χ2v) is 5.58. The van der Waals surface area contributed by atoms with Gasteiger partial charge >= 0.3 is 0 Å². The van der Waals surface area contributed by atoms with Crippen LogP contribution in [-0.4, -0.2) is 28.9 Å². The molecule has 0 aromatic carbocycles. The first-order valence-electron chi connectivity index (χ1n) is 5.52. The van der Waals surface area contributed by atoms with E-state index in [1.54, 1.807) is 11.8 Å². The first-order chi connectivity index (χ1) is 7.43. The lowest BCUT2D eigenvalue weighted by atomic mass is 9.94. The van der Waals surface area contributed by atoms with E-state index in [2.05, 4.69) is 12.2 Å². The van der Waals surface area contributed by atoms with E-state index in [1.807, 2.05) is 20.1 Å². The van der Waals surface area contributed by atoms with Crippen molar-refractivity contribution in [2.75, 3.05) is 12.0 Å². The Bertz CT molecular complexity index is 244. The highest BCUT2D eigenvalue weighted by atomic mass is 32.2. The molecule has 0 rings (SSSR count). The van der Waals surface area contributed by atoms with Crippen LogP contribution in [0.4, 0.5) is 0 Å². The second kappa shape index (κ2) is 7.90. The lowest BCUT2D eigenvalue weighted by molar-refractivity contribution is -0.124. The van der Waals surface area contributed by atoms with Gasteiger partial charge in [0.1, 0.15) is 0 Å². The van der Waals surface area contributed by atoms with Crippen molar-refractivity contribution in [2.45, 2.75) is 33.2 Å². The minimum Gasteiger partial charge on any atom is -0.393 e. The zero-order valence-corrected chi connectivity index (χ0v) is 12.1. The van der Waals surface area contributed by atoms with E-state index in [0.717, 1.165) is 12.2 Å². The van der Waals surface area contributed by atoms with Gasteiger partial charge in [0.05, 0.1) is 10.9 Å². The fraction of sp³-hybridized carbons (Fsp3) is 0.818. The zero-order chi connectivity index (χ0) is 12.7. The molecule has 2 unspecified atom stereocenters. The summed E-state index contributed by atoms with van der Waals surface area (Å²) in [6, 6.07) is 0.207. The average molecular weight is 262 g/mol. The quantitative estimate of drug-likeness (QED) is 0.687. The molecular formula is C11H22N2OS2. The van der Waals surface area contributed by atoms with Crippen molar-refractivity contribution in [2.24, 2.45) is 17.6 Å². The maximum atomic E-state index is 12.0. The molecule has 3 nitrogen and oxygen atoms in total. The third kappa shape index (κ3) is 5.16. The van der Waals surface area contributed by atoms with Gasteiger partial charge in [0, 0.05) is 11.8 Å². The number of thioether (sulfide) groups is 1. The minimum atomic E-state index is -0.356. The van der Waals surface area contributed by atoms with Gasteiger partial charge in [-0.25, -0.2) is 0 Å². The first-order valence-corrected chi connectivity index (χ1v) is 7.32. The Labute approximate surface area is 108 Å². The zero-order valence-electron chi connectivity index (χ0n) is 10.4. The summed E-state index contributed by atoms with van der Waals surface area (Å²) in [7, 11) is 0. The highest BCUT2D eigenvalue weighted by molar-refractivity contribution is 7.98. The van der Waals surface area contributed by atoms with Crippen LogP contribution in [0.1, 0.15) is 27.2 Å². The largest absolute Gasteiger partial charge is 0.393 e. The lowest BCUT2D eigenvalue weighted by Crippen LogP contribution is -2.45. The monoisotopic (exact) mass is 262 g/mol. The molecule has 0 aliphatic rings. The SMILES string of the molecule is CCC(CSC)NC(=O)C(C(N)=S)C(C)C. The van der Waals surface area contributed by atoms with Crippen LogP contribution >= 0.6 is 24.0 Å². The fourth-order valence-electron chi connectivity index (χ4n) is 1.51. The van der Waals surface area contributed by atoms with Crippen LogP contribution in [0, 0.1) is 11.8 Å². The summed E-state index contributed by atoms with van der Waals surface area (Å²) in [4.78, 5) is 12.3. The van der Waals surface area contributed by atoms with Crippen LogP contribution < -0.4 is 11.1 Å². The van der Waals surface area contributed by atoms with E-state index in [1.165, 1.54) is 0 Å². The Morgan fingerprint density at radius 2 is 2.06 bits per heavy atom. The van der Waals surface area contributed by atoms with E-state index >= 15 is 0 Å². The average Bonchev–Trinajstić information content (AvgIpc) is 2.15. The van der Waals surface area contributed by atoms with E-state index in [4.69, 9.17) is 18.0 Å². The first kappa shape index (κ1) is 15.7. The predicted octanol–water partition coefficient (Wildman–Crippen LogP) is 1.80. The van der Waals surface area contributed by atoms with E-state index in [9.17, 15) is 4.79 Å². The number of amides is 1. The summed E-state index contributed by atoms with van der Waals surface area (Å²) in [5, 5.41) is 3.00. The number of nitrogens with one attached hydrogen (secondary N) is 1. The molecular weight excluding hydrogens is 240 g/mol. The third-order valence-electron chi connectivity index (χ3n) is 2.46. The molecule has 5 heteroatoms. The number of hydrogen-bond donors (Lipinski definition) is 2. The summed E-state index contributed by atoms with van der Waals surface area (Å²) in [5.74, 6) is 0.670. The van der Waals surface area contributed by atoms with E-state index < -0.39 is 0 Å². The number of rotatable bonds is 7. The molecule has 0 aromatic heterocycles. The molecule has 0 spiro atoms. The van der Waals surface area contributed by atoms with Gasteiger partial charge in [-0.1, -0.05) is 33.0 Å². The van der Waals surface area contributed by atoms with Crippen LogP contribution in [0.15, 0.2) is 0 Å².